The van der Waals surface area contributed by atoms with E-state index in [1.165, 1.54) is 0 Å². The van der Waals surface area contributed by atoms with Gasteiger partial charge in [0.15, 0.2) is 0 Å². The molecule has 0 saturated heterocycles. The third-order valence-electron chi connectivity index (χ3n) is 1.99. The van der Waals surface area contributed by atoms with E-state index in [2.05, 4.69) is 17.2 Å². The molecule has 0 aromatic carbocycles. The maximum atomic E-state index is 10.9. The largest absolute Gasteiger partial charge is 0.478 e. The molecule has 1 unspecified atom stereocenters. The fourth-order valence-electron chi connectivity index (χ4n) is 1.26. The van der Waals surface area contributed by atoms with Crippen molar-refractivity contribution in [3.05, 3.63) is 23.9 Å². The molecule has 0 bridgehead atoms. The van der Waals surface area contributed by atoms with Crippen LogP contribution >= 0.6 is 11.8 Å². The van der Waals surface area contributed by atoms with Crippen LogP contribution in [0, 0.1) is 0 Å². The summed E-state index contributed by atoms with van der Waals surface area (Å²) in [6, 6.07) is 3.38. The van der Waals surface area contributed by atoms with Gasteiger partial charge in [0.2, 0.25) is 0 Å². The van der Waals surface area contributed by atoms with Crippen LogP contribution in [0.4, 0.5) is 5.82 Å². The van der Waals surface area contributed by atoms with Crippen molar-refractivity contribution in [2.24, 2.45) is 0 Å². The van der Waals surface area contributed by atoms with Crippen LogP contribution in [-0.4, -0.2) is 33.6 Å². The molecule has 4 nitrogen and oxygen atoms in total. The Morgan fingerprint density at radius 3 is 3.06 bits per heavy atom. The minimum absolute atomic E-state index is 0.206. The second kappa shape index (κ2) is 6.37. The first-order valence-electron chi connectivity index (χ1n) is 5.17. The number of anilines is 1. The standard InChI is InChI=1S/C11H16N2O2S/c1-3-16-7-8(2)13-10-9(11(14)15)5-4-6-12-10/h4-6,8H,3,7H2,1-2H3,(H,12,13)(H,14,15). The molecule has 88 valence electrons. The first-order valence-corrected chi connectivity index (χ1v) is 6.33. The van der Waals surface area contributed by atoms with E-state index in [1.54, 1.807) is 18.3 Å². The SMILES string of the molecule is CCSCC(C)Nc1ncccc1C(=O)O. The molecular weight excluding hydrogens is 224 g/mol. The van der Waals surface area contributed by atoms with Crippen LogP contribution in [0.15, 0.2) is 18.3 Å². The zero-order chi connectivity index (χ0) is 12.0. The van der Waals surface area contributed by atoms with Crippen LogP contribution in [0.25, 0.3) is 0 Å². The predicted octanol–water partition coefficient (Wildman–Crippen LogP) is 2.33. The van der Waals surface area contributed by atoms with E-state index in [0.717, 1.165) is 11.5 Å². The average molecular weight is 240 g/mol. The lowest BCUT2D eigenvalue weighted by atomic mass is 10.2. The van der Waals surface area contributed by atoms with E-state index in [4.69, 9.17) is 5.11 Å². The first kappa shape index (κ1) is 12.8. The third kappa shape index (κ3) is 3.73. The van der Waals surface area contributed by atoms with Gasteiger partial charge in [-0.3, -0.25) is 0 Å². The maximum Gasteiger partial charge on any atom is 0.339 e. The Kier molecular flexibility index (Phi) is 5.11. The lowest BCUT2D eigenvalue weighted by molar-refractivity contribution is 0.0697. The first-order chi connectivity index (χ1) is 7.65. The van der Waals surface area contributed by atoms with Crippen molar-refractivity contribution in [2.75, 3.05) is 16.8 Å². The Bertz CT molecular complexity index is 358. The Morgan fingerprint density at radius 1 is 1.69 bits per heavy atom. The molecule has 0 radical (unpaired) electrons. The topological polar surface area (TPSA) is 62.2 Å². The lowest BCUT2D eigenvalue weighted by Gasteiger charge is -2.14. The summed E-state index contributed by atoms with van der Waals surface area (Å²) in [5.41, 5.74) is 0.218. The van der Waals surface area contributed by atoms with Gasteiger partial charge in [0.25, 0.3) is 0 Å². The Hall–Kier alpha value is -1.23. The molecule has 2 N–H and O–H groups in total. The van der Waals surface area contributed by atoms with Crippen LogP contribution in [0.5, 0.6) is 0 Å². The average Bonchev–Trinajstić information content (AvgIpc) is 2.27. The smallest absolute Gasteiger partial charge is 0.339 e. The second-order valence-corrected chi connectivity index (χ2v) is 4.73. The fourth-order valence-corrected chi connectivity index (χ4v) is 1.94. The highest BCUT2D eigenvalue weighted by Crippen LogP contribution is 2.14. The normalized spacial score (nSPS) is 12.1. The number of nitrogens with zero attached hydrogens (tertiary/aromatic N) is 1. The lowest BCUT2D eigenvalue weighted by Crippen LogP contribution is -2.20. The van der Waals surface area contributed by atoms with Gasteiger partial charge in [-0.1, -0.05) is 6.92 Å². The third-order valence-corrected chi connectivity index (χ3v) is 3.14. The number of thioether (sulfide) groups is 1. The summed E-state index contributed by atoms with van der Waals surface area (Å²) in [6.45, 7) is 4.11. The molecule has 0 aliphatic heterocycles. The Morgan fingerprint density at radius 2 is 2.44 bits per heavy atom. The minimum atomic E-state index is -0.953. The number of carboxylic acid groups (broad SMARTS) is 1. The zero-order valence-electron chi connectivity index (χ0n) is 9.43. The zero-order valence-corrected chi connectivity index (χ0v) is 10.3. The van der Waals surface area contributed by atoms with Crippen molar-refractivity contribution < 1.29 is 9.90 Å². The molecule has 1 aromatic heterocycles. The van der Waals surface area contributed by atoms with Gasteiger partial charge >= 0.3 is 5.97 Å². The highest BCUT2D eigenvalue weighted by Gasteiger charge is 2.12. The van der Waals surface area contributed by atoms with Crippen molar-refractivity contribution >= 4 is 23.5 Å². The molecule has 16 heavy (non-hydrogen) atoms. The van der Waals surface area contributed by atoms with Crippen molar-refractivity contribution in [3.63, 3.8) is 0 Å². The molecule has 0 fully saturated rings. The Balaban J connectivity index is 2.69. The number of aromatic nitrogens is 1. The molecule has 0 spiro atoms. The predicted molar refractivity (Wildman–Crippen MR) is 67.3 cm³/mol. The van der Waals surface area contributed by atoms with Crippen molar-refractivity contribution in [1.29, 1.82) is 0 Å². The van der Waals surface area contributed by atoms with Gasteiger partial charge in [-0.25, -0.2) is 9.78 Å². The van der Waals surface area contributed by atoms with Crippen LogP contribution in [0.2, 0.25) is 0 Å². The Labute approximate surface area is 99.5 Å². The summed E-state index contributed by atoms with van der Waals surface area (Å²) in [6.07, 6.45) is 1.59. The van der Waals surface area contributed by atoms with E-state index in [1.807, 2.05) is 18.7 Å². The summed E-state index contributed by atoms with van der Waals surface area (Å²) in [4.78, 5) is 15.0. The number of pyridine rings is 1. The van der Waals surface area contributed by atoms with Gasteiger partial charge < -0.3 is 10.4 Å². The number of carbonyl (C=O) groups is 1. The molecule has 1 heterocycles. The molecule has 1 rings (SSSR count). The van der Waals surface area contributed by atoms with Crippen LogP contribution in [0.1, 0.15) is 24.2 Å². The summed E-state index contributed by atoms with van der Waals surface area (Å²) < 4.78 is 0. The van der Waals surface area contributed by atoms with Crippen molar-refractivity contribution in [2.45, 2.75) is 19.9 Å². The molecule has 5 heteroatoms. The summed E-state index contributed by atoms with van der Waals surface area (Å²) in [5.74, 6) is 1.48. The van der Waals surface area contributed by atoms with Crippen LogP contribution < -0.4 is 5.32 Å². The number of nitrogens with one attached hydrogen (secondary N) is 1. The maximum absolute atomic E-state index is 10.9. The number of hydrogen-bond acceptors (Lipinski definition) is 4. The van der Waals surface area contributed by atoms with Crippen LogP contribution in [0.3, 0.4) is 0 Å². The monoisotopic (exact) mass is 240 g/mol. The molecule has 0 aliphatic rings. The molecule has 0 aliphatic carbocycles. The van der Waals surface area contributed by atoms with Gasteiger partial charge in [0.1, 0.15) is 11.4 Å². The van der Waals surface area contributed by atoms with Gasteiger partial charge in [0, 0.05) is 18.0 Å². The van der Waals surface area contributed by atoms with E-state index < -0.39 is 5.97 Å². The van der Waals surface area contributed by atoms with Crippen molar-refractivity contribution in [3.8, 4) is 0 Å². The number of hydrogen-bond donors (Lipinski definition) is 2. The fraction of sp³-hybridized carbons (Fsp3) is 0.455. The van der Waals surface area contributed by atoms with Crippen molar-refractivity contribution in [1.82, 2.24) is 4.98 Å². The van der Waals surface area contributed by atoms with Gasteiger partial charge in [-0.2, -0.15) is 11.8 Å². The summed E-state index contributed by atoms with van der Waals surface area (Å²) in [7, 11) is 0. The molecule has 1 aromatic rings. The van der Waals surface area contributed by atoms with Crippen LogP contribution in [-0.2, 0) is 0 Å². The highest BCUT2D eigenvalue weighted by molar-refractivity contribution is 7.99. The van der Waals surface area contributed by atoms with E-state index in [9.17, 15) is 4.79 Å². The number of carboxylic acids is 1. The van der Waals surface area contributed by atoms with Gasteiger partial charge in [0.05, 0.1) is 0 Å². The molecular formula is C11H16N2O2S. The summed E-state index contributed by atoms with van der Waals surface area (Å²) >= 11 is 1.81. The molecule has 0 saturated carbocycles. The second-order valence-electron chi connectivity index (χ2n) is 3.41. The highest BCUT2D eigenvalue weighted by atomic mass is 32.2. The molecule has 0 amide bonds. The van der Waals surface area contributed by atoms with E-state index >= 15 is 0 Å². The number of rotatable bonds is 6. The van der Waals surface area contributed by atoms with E-state index in [-0.39, 0.29) is 11.6 Å². The summed E-state index contributed by atoms with van der Waals surface area (Å²) in [5, 5.41) is 12.1. The minimum Gasteiger partial charge on any atom is -0.478 e. The van der Waals surface area contributed by atoms with E-state index in [0.29, 0.717) is 5.82 Å². The quantitative estimate of drug-likeness (QED) is 0.799. The van der Waals surface area contributed by atoms with Gasteiger partial charge in [-0.15, -0.1) is 0 Å². The molecule has 1 atom stereocenters. The van der Waals surface area contributed by atoms with Gasteiger partial charge in [-0.05, 0) is 24.8 Å². The number of aromatic carboxylic acids is 1.